The normalized spacial score (nSPS) is 26.8. The van der Waals surface area contributed by atoms with Crippen molar-refractivity contribution in [3.8, 4) is 5.75 Å². The minimum absolute atomic E-state index is 0.189. The van der Waals surface area contributed by atoms with E-state index in [1.807, 2.05) is 30.3 Å². The molecule has 3 amide bonds. The molecule has 11 nitrogen and oxygen atoms in total. The standard InChI is InChI=1S/C27H34N4O7/c1-14(2)20-27(37)38-16(4)21(31-26(36)22-19(32)11-8-12-28-22)25(35)29-18(13-17-9-6-5-7-10-17)23(33)15(3)24(34)30-20/h5-12,14-16,18,20-21,23,32-33H,13H2,1-4H3,(H,29,35)(H,30,34)(H,31,36). The molecule has 6 unspecified atom stereocenters. The third-order valence-corrected chi connectivity index (χ3v) is 6.52. The molecular formula is C27H34N4O7. The van der Waals surface area contributed by atoms with Gasteiger partial charge in [0.15, 0.2) is 5.69 Å². The average Bonchev–Trinajstić information content (AvgIpc) is 2.88. The molecule has 11 heteroatoms. The molecule has 0 spiro atoms. The molecule has 1 saturated heterocycles. The fourth-order valence-electron chi connectivity index (χ4n) is 4.19. The summed E-state index contributed by atoms with van der Waals surface area (Å²) in [6, 6.07) is 8.43. The summed E-state index contributed by atoms with van der Waals surface area (Å²) < 4.78 is 5.54. The van der Waals surface area contributed by atoms with Crippen molar-refractivity contribution in [3.63, 3.8) is 0 Å². The van der Waals surface area contributed by atoms with Gasteiger partial charge in [-0.15, -0.1) is 0 Å². The van der Waals surface area contributed by atoms with Crippen LogP contribution in [0.25, 0.3) is 0 Å². The van der Waals surface area contributed by atoms with Crippen LogP contribution in [0.2, 0.25) is 0 Å². The van der Waals surface area contributed by atoms with E-state index in [2.05, 4.69) is 20.9 Å². The second kappa shape index (κ2) is 12.5. The second-order valence-corrected chi connectivity index (χ2v) is 9.78. The van der Waals surface area contributed by atoms with Gasteiger partial charge in [-0.2, -0.15) is 0 Å². The quantitative estimate of drug-likeness (QED) is 0.355. The predicted molar refractivity (Wildman–Crippen MR) is 137 cm³/mol. The van der Waals surface area contributed by atoms with Crippen molar-refractivity contribution in [1.29, 1.82) is 0 Å². The van der Waals surface area contributed by atoms with Gasteiger partial charge < -0.3 is 30.9 Å². The highest BCUT2D eigenvalue weighted by atomic mass is 16.5. The molecule has 0 bridgehead atoms. The van der Waals surface area contributed by atoms with Crippen LogP contribution in [-0.4, -0.2) is 69.2 Å². The molecule has 5 N–H and O–H groups in total. The van der Waals surface area contributed by atoms with Gasteiger partial charge in [-0.1, -0.05) is 51.1 Å². The summed E-state index contributed by atoms with van der Waals surface area (Å²) in [5.41, 5.74) is 0.488. The third kappa shape index (κ3) is 6.86. The van der Waals surface area contributed by atoms with E-state index >= 15 is 0 Å². The Bertz CT molecular complexity index is 1160. The molecule has 6 atom stereocenters. The van der Waals surface area contributed by atoms with Gasteiger partial charge in [-0.25, -0.2) is 9.78 Å². The number of esters is 1. The Morgan fingerprint density at radius 1 is 1.05 bits per heavy atom. The number of nitrogens with one attached hydrogen (secondary N) is 3. The van der Waals surface area contributed by atoms with Crippen molar-refractivity contribution in [2.75, 3.05) is 0 Å². The van der Waals surface area contributed by atoms with Gasteiger partial charge in [-0.05, 0) is 37.0 Å². The number of cyclic esters (lactones) is 1. The summed E-state index contributed by atoms with van der Waals surface area (Å²) in [4.78, 5) is 56.3. The number of carbonyl (C=O) groups is 4. The minimum Gasteiger partial charge on any atom is -0.505 e. The number of pyridine rings is 1. The first-order valence-electron chi connectivity index (χ1n) is 12.5. The maximum Gasteiger partial charge on any atom is 0.329 e. The Kier molecular flexibility index (Phi) is 9.40. The van der Waals surface area contributed by atoms with Gasteiger partial charge >= 0.3 is 5.97 Å². The molecule has 0 radical (unpaired) electrons. The molecule has 38 heavy (non-hydrogen) atoms. The van der Waals surface area contributed by atoms with Crippen molar-refractivity contribution in [2.24, 2.45) is 11.8 Å². The van der Waals surface area contributed by atoms with Gasteiger partial charge in [0.05, 0.1) is 18.1 Å². The molecule has 204 valence electrons. The molecule has 2 aromatic rings. The van der Waals surface area contributed by atoms with Gasteiger partial charge in [-0.3, -0.25) is 14.4 Å². The van der Waals surface area contributed by atoms with Crippen molar-refractivity contribution in [3.05, 3.63) is 59.9 Å². The lowest BCUT2D eigenvalue weighted by molar-refractivity contribution is -0.157. The maximum absolute atomic E-state index is 13.5. The van der Waals surface area contributed by atoms with Gasteiger partial charge in [0.2, 0.25) is 11.8 Å². The van der Waals surface area contributed by atoms with E-state index in [1.54, 1.807) is 13.8 Å². The SMILES string of the molecule is CC(C)C1NC(=O)C(C)C(O)C(Cc2ccccc2)NC(=O)C(NC(=O)c2ncccc2O)C(C)OC1=O. The zero-order chi connectivity index (χ0) is 28.0. The lowest BCUT2D eigenvalue weighted by Crippen LogP contribution is -2.61. The lowest BCUT2D eigenvalue weighted by Gasteiger charge is -2.34. The second-order valence-electron chi connectivity index (χ2n) is 9.78. The molecule has 0 saturated carbocycles. The summed E-state index contributed by atoms with van der Waals surface area (Å²) in [5, 5.41) is 29.1. The van der Waals surface area contributed by atoms with Crippen LogP contribution < -0.4 is 16.0 Å². The van der Waals surface area contributed by atoms with Crippen LogP contribution in [0, 0.1) is 11.8 Å². The minimum atomic E-state index is -1.41. The van der Waals surface area contributed by atoms with Crippen LogP contribution >= 0.6 is 0 Å². The monoisotopic (exact) mass is 526 g/mol. The van der Waals surface area contributed by atoms with E-state index < -0.39 is 65.7 Å². The van der Waals surface area contributed by atoms with Crippen LogP contribution in [0.4, 0.5) is 0 Å². The van der Waals surface area contributed by atoms with E-state index in [1.165, 1.54) is 32.2 Å². The molecular weight excluding hydrogens is 492 g/mol. The molecule has 2 heterocycles. The highest BCUT2D eigenvalue weighted by Crippen LogP contribution is 2.18. The number of aromatic nitrogens is 1. The van der Waals surface area contributed by atoms with Gasteiger partial charge in [0.25, 0.3) is 5.91 Å². The number of hydrogen-bond donors (Lipinski definition) is 5. The smallest absolute Gasteiger partial charge is 0.329 e. The summed E-state index contributed by atoms with van der Waals surface area (Å²) in [6.07, 6.45) is -1.01. The largest absolute Gasteiger partial charge is 0.505 e. The number of aromatic hydroxyl groups is 1. The van der Waals surface area contributed by atoms with E-state index in [-0.39, 0.29) is 18.0 Å². The fourth-order valence-corrected chi connectivity index (χ4v) is 4.19. The zero-order valence-corrected chi connectivity index (χ0v) is 21.8. The molecule has 1 fully saturated rings. The molecule has 3 rings (SSSR count). The Balaban J connectivity index is 1.99. The molecule has 1 aromatic heterocycles. The zero-order valence-electron chi connectivity index (χ0n) is 21.8. The first-order chi connectivity index (χ1) is 18.0. The molecule has 1 aliphatic rings. The summed E-state index contributed by atoms with van der Waals surface area (Å²) in [7, 11) is 0. The highest BCUT2D eigenvalue weighted by molar-refractivity contribution is 5.98. The van der Waals surface area contributed by atoms with E-state index in [4.69, 9.17) is 4.74 Å². The molecule has 1 aromatic carbocycles. The number of ether oxygens (including phenoxy) is 1. The van der Waals surface area contributed by atoms with Gasteiger partial charge in [0.1, 0.15) is 23.9 Å². The Morgan fingerprint density at radius 3 is 2.37 bits per heavy atom. The van der Waals surface area contributed by atoms with Crippen LogP contribution in [0.5, 0.6) is 5.75 Å². The predicted octanol–water partition coefficient (Wildman–Crippen LogP) is 0.696. The van der Waals surface area contributed by atoms with Crippen molar-refractivity contribution in [2.45, 2.75) is 64.4 Å². The van der Waals surface area contributed by atoms with Crippen LogP contribution in [-0.2, 0) is 25.5 Å². The van der Waals surface area contributed by atoms with Crippen molar-refractivity contribution < 1.29 is 34.1 Å². The molecule has 1 aliphatic heterocycles. The van der Waals surface area contributed by atoms with E-state index in [0.717, 1.165) is 5.56 Å². The maximum atomic E-state index is 13.5. The number of aliphatic hydroxyl groups is 1. The van der Waals surface area contributed by atoms with E-state index in [0.29, 0.717) is 0 Å². The number of amides is 3. The van der Waals surface area contributed by atoms with Crippen LogP contribution in [0.1, 0.15) is 43.7 Å². The number of benzene rings is 1. The number of nitrogens with zero attached hydrogens (tertiary/aromatic N) is 1. The highest BCUT2D eigenvalue weighted by Gasteiger charge is 2.39. The average molecular weight is 527 g/mol. The first kappa shape index (κ1) is 28.6. The Hall–Kier alpha value is -3.99. The van der Waals surface area contributed by atoms with Gasteiger partial charge in [0, 0.05) is 6.20 Å². The lowest BCUT2D eigenvalue weighted by atomic mass is 9.91. The topological polar surface area (TPSA) is 167 Å². The Morgan fingerprint density at radius 2 is 1.74 bits per heavy atom. The molecule has 0 aliphatic carbocycles. The van der Waals surface area contributed by atoms with Crippen molar-refractivity contribution >= 4 is 23.7 Å². The fraction of sp³-hybridized carbons (Fsp3) is 0.444. The number of hydrogen-bond acceptors (Lipinski definition) is 8. The summed E-state index contributed by atoms with van der Waals surface area (Å²) >= 11 is 0. The first-order valence-corrected chi connectivity index (χ1v) is 12.5. The van der Waals surface area contributed by atoms with E-state index in [9.17, 15) is 29.4 Å². The number of rotatable bonds is 5. The van der Waals surface area contributed by atoms with Crippen LogP contribution in [0.3, 0.4) is 0 Å². The third-order valence-electron chi connectivity index (χ3n) is 6.52. The van der Waals surface area contributed by atoms with Crippen molar-refractivity contribution in [1.82, 2.24) is 20.9 Å². The number of carbonyl (C=O) groups excluding carboxylic acids is 4. The summed E-state index contributed by atoms with van der Waals surface area (Å²) in [5.74, 6) is -4.71. The Labute approximate surface area is 221 Å². The summed E-state index contributed by atoms with van der Waals surface area (Å²) in [6.45, 7) is 6.37. The van der Waals surface area contributed by atoms with Crippen LogP contribution in [0.15, 0.2) is 48.7 Å². The number of aliphatic hydroxyl groups excluding tert-OH is 1.